The van der Waals surface area contributed by atoms with Gasteiger partial charge in [0, 0.05) is 25.6 Å². The van der Waals surface area contributed by atoms with Crippen LogP contribution in [0.2, 0.25) is 0 Å². The average molecular weight is 645 g/mol. The summed E-state index contributed by atoms with van der Waals surface area (Å²) in [6, 6.07) is 11.6. The van der Waals surface area contributed by atoms with Gasteiger partial charge in [-0.15, -0.1) is 0 Å². The largest absolute Gasteiger partial charge is 0.481 e. The Hall–Kier alpha value is -4.48. The van der Waals surface area contributed by atoms with Gasteiger partial charge in [0.15, 0.2) is 0 Å². The minimum atomic E-state index is -1.09. The lowest BCUT2D eigenvalue weighted by atomic mass is 9.80. The molecule has 2 heterocycles. The molecule has 0 aromatic heterocycles. The number of likely N-dealkylation sites (tertiary alicyclic amines) is 1. The lowest BCUT2D eigenvalue weighted by Crippen LogP contribution is -2.47. The molecule has 2 aromatic carbocycles. The number of carbonyl (C=O) groups excluding carboxylic acids is 2. The Morgan fingerprint density at radius 2 is 1.26 bits per heavy atom. The molecule has 0 unspecified atom stereocenters. The van der Waals surface area contributed by atoms with Crippen LogP contribution in [0.15, 0.2) is 54.1 Å². The summed E-state index contributed by atoms with van der Waals surface area (Å²) in [5.41, 5.74) is 0.937. The van der Waals surface area contributed by atoms with Crippen molar-refractivity contribution in [3.8, 4) is 0 Å². The van der Waals surface area contributed by atoms with E-state index >= 15 is 0 Å². The molecule has 0 radical (unpaired) electrons. The molecule has 2 aliphatic heterocycles. The highest BCUT2D eigenvalue weighted by atomic mass is 19.1. The third kappa shape index (κ3) is 10.3. The molecule has 0 bridgehead atoms. The number of benzene rings is 2. The van der Waals surface area contributed by atoms with Crippen LogP contribution in [0.3, 0.4) is 0 Å². The number of rotatable bonds is 4. The lowest BCUT2D eigenvalue weighted by molar-refractivity contribution is -0.144. The molecule has 0 spiro atoms. The Balaban J connectivity index is 0.000000250. The summed E-state index contributed by atoms with van der Waals surface area (Å²) in [6.07, 6.45) is -0.148. The molecule has 2 aromatic rings. The number of ether oxygens (including phenoxy) is 2. The van der Waals surface area contributed by atoms with Crippen LogP contribution in [0.4, 0.5) is 18.4 Å². The molecule has 2 atom stereocenters. The second-order valence-electron chi connectivity index (χ2n) is 13.2. The number of carbonyl (C=O) groups is 4. The van der Waals surface area contributed by atoms with Crippen LogP contribution >= 0.6 is 0 Å². The summed E-state index contributed by atoms with van der Waals surface area (Å²) in [5, 5.41) is 18.9. The van der Waals surface area contributed by atoms with Crippen LogP contribution in [-0.2, 0) is 19.1 Å². The molecule has 2 amide bonds. The molecule has 12 heteroatoms. The first-order valence-corrected chi connectivity index (χ1v) is 15.0. The molecule has 250 valence electrons. The van der Waals surface area contributed by atoms with Gasteiger partial charge >= 0.3 is 24.1 Å². The maximum atomic E-state index is 13.0. The topological polar surface area (TPSA) is 134 Å². The number of carboxylic acids is 2. The number of amides is 2. The van der Waals surface area contributed by atoms with Gasteiger partial charge in [0.05, 0.1) is 18.0 Å². The molecule has 0 aliphatic carbocycles. The van der Waals surface area contributed by atoms with Crippen molar-refractivity contribution in [3.63, 3.8) is 0 Å². The third-order valence-electron chi connectivity index (χ3n) is 7.33. The number of carboxylic acid groups (broad SMARTS) is 2. The maximum absolute atomic E-state index is 13.0. The fourth-order valence-electron chi connectivity index (χ4n) is 5.22. The quantitative estimate of drug-likeness (QED) is 0.383. The second kappa shape index (κ2) is 14.7. The fourth-order valence-corrected chi connectivity index (χ4v) is 5.22. The van der Waals surface area contributed by atoms with Gasteiger partial charge in [-0.1, -0.05) is 24.3 Å². The molecule has 4 rings (SSSR count). The van der Waals surface area contributed by atoms with E-state index in [0.29, 0.717) is 37.1 Å². The van der Waals surface area contributed by atoms with E-state index < -0.39 is 41.2 Å². The van der Waals surface area contributed by atoms with E-state index in [1.807, 2.05) is 0 Å². The van der Waals surface area contributed by atoms with E-state index in [1.165, 1.54) is 34.1 Å². The Bertz CT molecular complexity index is 1440. The predicted molar refractivity (Wildman–Crippen MR) is 166 cm³/mol. The summed E-state index contributed by atoms with van der Waals surface area (Å²) in [4.78, 5) is 50.2. The van der Waals surface area contributed by atoms with Crippen molar-refractivity contribution >= 4 is 29.7 Å². The molecule has 0 saturated carbocycles. The Kier molecular flexibility index (Phi) is 11.5. The van der Waals surface area contributed by atoms with Crippen molar-refractivity contribution in [2.75, 3.05) is 26.2 Å². The highest BCUT2D eigenvalue weighted by molar-refractivity contribution is 5.98. The monoisotopic (exact) mass is 644 g/mol. The van der Waals surface area contributed by atoms with Gasteiger partial charge in [-0.05, 0) is 95.3 Å². The summed E-state index contributed by atoms with van der Waals surface area (Å²) in [6.45, 7) is 11.4. The van der Waals surface area contributed by atoms with E-state index in [9.17, 15) is 38.2 Å². The van der Waals surface area contributed by atoms with Gasteiger partial charge in [-0.3, -0.25) is 4.79 Å². The Labute approximate surface area is 267 Å². The van der Waals surface area contributed by atoms with Crippen LogP contribution in [0.1, 0.15) is 71.4 Å². The molecule has 1 saturated heterocycles. The maximum Gasteiger partial charge on any atom is 0.410 e. The number of halogens is 2. The van der Waals surface area contributed by atoms with E-state index in [1.54, 1.807) is 65.8 Å². The van der Waals surface area contributed by atoms with Crippen molar-refractivity contribution in [1.29, 1.82) is 0 Å². The standard InChI is InChI=1S/C17H22FNO4.C17H20FNO4/c2*1-17(2,3)23-16(22)19-9-8-13(14(10-19)15(20)21)11-4-6-12(18)7-5-11/h4-7,13-14H,8-10H2,1-3H3,(H,20,21);4-7H,8-10H2,1-3H3,(H,20,21)/t13-,14-;/m0./s1. The highest BCUT2D eigenvalue weighted by Gasteiger charge is 2.38. The summed E-state index contributed by atoms with van der Waals surface area (Å²) < 4.78 is 36.7. The van der Waals surface area contributed by atoms with Crippen molar-refractivity contribution in [1.82, 2.24) is 9.80 Å². The number of hydrogen-bond donors (Lipinski definition) is 2. The van der Waals surface area contributed by atoms with Crippen molar-refractivity contribution in [2.24, 2.45) is 5.92 Å². The third-order valence-corrected chi connectivity index (χ3v) is 7.33. The van der Waals surface area contributed by atoms with Gasteiger partial charge in [0.25, 0.3) is 0 Å². The molecule has 1 fully saturated rings. The molecule has 2 N–H and O–H groups in total. The van der Waals surface area contributed by atoms with Gasteiger partial charge in [0.2, 0.25) is 0 Å². The summed E-state index contributed by atoms with van der Waals surface area (Å²) in [5.74, 6) is -3.76. The summed E-state index contributed by atoms with van der Waals surface area (Å²) in [7, 11) is 0. The van der Waals surface area contributed by atoms with Crippen molar-refractivity contribution in [2.45, 2.75) is 71.5 Å². The van der Waals surface area contributed by atoms with E-state index in [2.05, 4.69) is 0 Å². The lowest BCUT2D eigenvalue weighted by Gasteiger charge is -2.37. The van der Waals surface area contributed by atoms with Crippen LogP contribution in [0, 0.1) is 17.6 Å². The molecule has 2 aliphatic rings. The molecular weight excluding hydrogens is 602 g/mol. The van der Waals surface area contributed by atoms with Crippen LogP contribution in [0.5, 0.6) is 0 Å². The zero-order valence-electron chi connectivity index (χ0n) is 27.0. The van der Waals surface area contributed by atoms with Gasteiger partial charge in [-0.2, -0.15) is 0 Å². The minimum absolute atomic E-state index is 0.0308. The fraction of sp³-hybridized carbons (Fsp3) is 0.471. The minimum Gasteiger partial charge on any atom is -0.481 e. The van der Waals surface area contributed by atoms with Crippen LogP contribution < -0.4 is 0 Å². The zero-order valence-corrected chi connectivity index (χ0v) is 27.0. The Morgan fingerprint density at radius 1 is 0.761 bits per heavy atom. The first-order chi connectivity index (χ1) is 21.3. The first-order valence-electron chi connectivity index (χ1n) is 15.0. The number of piperidine rings is 1. The second-order valence-corrected chi connectivity index (χ2v) is 13.2. The van der Waals surface area contributed by atoms with Crippen LogP contribution in [-0.4, -0.2) is 81.5 Å². The molecular formula is C34H42F2N2O8. The average Bonchev–Trinajstić information content (AvgIpc) is 2.96. The zero-order chi connectivity index (χ0) is 34.4. The van der Waals surface area contributed by atoms with E-state index in [4.69, 9.17) is 9.47 Å². The van der Waals surface area contributed by atoms with Gasteiger partial charge in [0.1, 0.15) is 22.8 Å². The number of hydrogen-bond acceptors (Lipinski definition) is 6. The molecule has 46 heavy (non-hydrogen) atoms. The Morgan fingerprint density at radius 3 is 1.74 bits per heavy atom. The van der Waals surface area contributed by atoms with Crippen molar-refractivity contribution < 1.29 is 47.6 Å². The van der Waals surface area contributed by atoms with Crippen molar-refractivity contribution in [3.05, 3.63) is 76.9 Å². The highest BCUT2D eigenvalue weighted by Crippen LogP contribution is 2.34. The summed E-state index contributed by atoms with van der Waals surface area (Å²) >= 11 is 0. The van der Waals surface area contributed by atoms with Crippen LogP contribution in [0.25, 0.3) is 5.57 Å². The first kappa shape index (κ1) is 36.0. The van der Waals surface area contributed by atoms with E-state index in [-0.39, 0.29) is 36.2 Å². The normalized spacial score (nSPS) is 18.7. The number of aliphatic carboxylic acids is 2. The molecule has 10 nitrogen and oxygen atoms in total. The smallest absolute Gasteiger partial charge is 0.410 e. The van der Waals surface area contributed by atoms with Gasteiger partial charge < -0.3 is 29.5 Å². The van der Waals surface area contributed by atoms with E-state index in [0.717, 1.165) is 5.56 Å². The number of nitrogens with zero attached hydrogens (tertiary/aromatic N) is 2. The predicted octanol–water partition coefficient (Wildman–Crippen LogP) is 6.56. The van der Waals surface area contributed by atoms with Gasteiger partial charge in [-0.25, -0.2) is 23.2 Å². The SMILES string of the molecule is CC(C)(C)OC(=O)N1CCC(c2ccc(F)cc2)=C(C(=O)O)C1.CC(C)(C)OC(=O)N1CC[C@@H](c2ccc(F)cc2)[C@@H](C(=O)O)C1.